The molecule has 3 rings (SSSR count). The SMILES string of the molecule is CC(C)n1cnnc1C1CCCN(c2cc(C(F)(F)F)ccn2)C1. The van der Waals surface area contributed by atoms with Crippen LogP contribution in [-0.2, 0) is 6.18 Å². The summed E-state index contributed by atoms with van der Waals surface area (Å²) in [7, 11) is 0. The molecule has 2 aromatic rings. The highest BCUT2D eigenvalue weighted by Crippen LogP contribution is 2.33. The van der Waals surface area contributed by atoms with Crippen LogP contribution in [0.5, 0.6) is 0 Å². The van der Waals surface area contributed by atoms with Gasteiger partial charge in [0.25, 0.3) is 0 Å². The number of anilines is 1. The van der Waals surface area contributed by atoms with E-state index in [9.17, 15) is 13.2 Å². The smallest absolute Gasteiger partial charge is 0.356 e. The Bertz CT molecular complexity index is 695. The predicted molar refractivity (Wildman–Crippen MR) is 83.8 cm³/mol. The van der Waals surface area contributed by atoms with Gasteiger partial charge in [-0.05, 0) is 38.8 Å². The van der Waals surface area contributed by atoms with E-state index in [-0.39, 0.29) is 12.0 Å². The first-order valence-electron chi connectivity index (χ1n) is 8.04. The molecule has 1 aliphatic rings. The third kappa shape index (κ3) is 3.37. The van der Waals surface area contributed by atoms with Gasteiger partial charge in [0.1, 0.15) is 18.0 Å². The van der Waals surface area contributed by atoms with Crippen LogP contribution < -0.4 is 4.90 Å². The topological polar surface area (TPSA) is 46.8 Å². The second-order valence-corrected chi connectivity index (χ2v) is 6.38. The Balaban J connectivity index is 1.82. The molecule has 24 heavy (non-hydrogen) atoms. The van der Waals surface area contributed by atoms with E-state index in [1.165, 1.54) is 6.20 Å². The van der Waals surface area contributed by atoms with Gasteiger partial charge in [-0.2, -0.15) is 13.2 Å². The lowest BCUT2D eigenvalue weighted by atomic mass is 9.96. The molecular formula is C16H20F3N5. The minimum absolute atomic E-state index is 0.139. The van der Waals surface area contributed by atoms with Crippen molar-refractivity contribution in [2.75, 3.05) is 18.0 Å². The van der Waals surface area contributed by atoms with Gasteiger partial charge in [0.05, 0.1) is 5.56 Å². The van der Waals surface area contributed by atoms with Crippen LogP contribution in [0.3, 0.4) is 0 Å². The number of nitrogens with zero attached hydrogens (tertiary/aromatic N) is 5. The maximum absolute atomic E-state index is 12.9. The summed E-state index contributed by atoms with van der Waals surface area (Å²) in [6.07, 6.45) is 0.402. The van der Waals surface area contributed by atoms with E-state index in [0.29, 0.717) is 18.9 Å². The number of halogens is 3. The van der Waals surface area contributed by atoms with Crippen LogP contribution in [0.25, 0.3) is 0 Å². The van der Waals surface area contributed by atoms with E-state index in [0.717, 1.165) is 30.8 Å². The molecule has 0 aliphatic carbocycles. The van der Waals surface area contributed by atoms with Gasteiger partial charge >= 0.3 is 6.18 Å². The molecule has 3 heterocycles. The molecule has 130 valence electrons. The number of hydrogen-bond acceptors (Lipinski definition) is 4. The van der Waals surface area contributed by atoms with Crippen molar-refractivity contribution >= 4 is 5.82 Å². The molecule has 0 aromatic carbocycles. The normalized spacial score (nSPS) is 19.1. The fourth-order valence-corrected chi connectivity index (χ4v) is 3.11. The third-order valence-electron chi connectivity index (χ3n) is 4.34. The fraction of sp³-hybridized carbons (Fsp3) is 0.562. The van der Waals surface area contributed by atoms with E-state index >= 15 is 0 Å². The molecule has 8 heteroatoms. The van der Waals surface area contributed by atoms with Crippen molar-refractivity contribution in [1.82, 2.24) is 19.7 Å². The first-order chi connectivity index (χ1) is 11.4. The Labute approximate surface area is 138 Å². The molecule has 0 N–H and O–H groups in total. The molecule has 2 aromatic heterocycles. The van der Waals surface area contributed by atoms with Crippen molar-refractivity contribution in [3.8, 4) is 0 Å². The molecule has 0 saturated carbocycles. The second kappa shape index (κ2) is 6.41. The summed E-state index contributed by atoms with van der Waals surface area (Å²) in [4.78, 5) is 6.04. The summed E-state index contributed by atoms with van der Waals surface area (Å²) in [6, 6.07) is 2.37. The zero-order chi connectivity index (χ0) is 17.3. The average Bonchev–Trinajstić information content (AvgIpc) is 3.04. The molecule has 0 bridgehead atoms. The van der Waals surface area contributed by atoms with Gasteiger partial charge in [-0.25, -0.2) is 4.98 Å². The Kier molecular flexibility index (Phi) is 4.47. The van der Waals surface area contributed by atoms with Crippen molar-refractivity contribution in [1.29, 1.82) is 0 Å². The Morgan fingerprint density at radius 3 is 2.79 bits per heavy atom. The van der Waals surface area contributed by atoms with Crippen molar-refractivity contribution in [2.45, 2.75) is 44.8 Å². The lowest BCUT2D eigenvalue weighted by molar-refractivity contribution is -0.137. The van der Waals surface area contributed by atoms with E-state index in [4.69, 9.17) is 0 Å². The van der Waals surface area contributed by atoms with E-state index in [2.05, 4.69) is 29.0 Å². The summed E-state index contributed by atoms with van der Waals surface area (Å²) in [6.45, 7) is 5.41. The zero-order valence-electron chi connectivity index (χ0n) is 13.7. The van der Waals surface area contributed by atoms with Gasteiger partial charge < -0.3 is 9.47 Å². The standard InChI is InChI=1S/C16H20F3N5/c1-11(2)24-10-21-22-15(24)12-4-3-7-23(9-12)14-8-13(5-6-20-14)16(17,18)19/h5-6,8,10-12H,3-4,7,9H2,1-2H3. The number of alkyl halides is 3. The van der Waals surface area contributed by atoms with E-state index in [1.54, 1.807) is 6.33 Å². The monoisotopic (exact) mass is 339 g/mol. The highest BCUT2D eigenvalue weighted by atomic mass is 19.4. The average molecular weight is 339 g/mol. The van der Waals surface area contributed by atoms with Crippen molar-refractivity contribution in [2.24, 2.45) is 0 Å². The van der Waals surface area contributed by atoms with Crippen LogP contribution in [-0.4, -0.2) is 32.8 Å². The Morgan fingerprint density at radius 1 is 1.29 bits per heavy atom. The Hall–Kier alpha value is -2.12. The predicted octanol–water partition coefficient (Wildman–Crippen LogP) is 3.66. The number of rotatable bonds is 3. The summed E-state index contributed by atoms with van der Waals surface area (Å²) in [5, 5.41) is 8.22. The maximum atomic E-state index is 12.9. The highest BCUT2D eigenvalue weighted by molar-refractivity contribution is 5.43. The van der Waals surface area contributed by atoms with Gasteiger partial charge in [0.2, 0.25) is 0 Å². The quantitative estimate of drug-likeness (QED) is 0.856. The molecule has 0 amide bonds. The molecule has 5 nitrogen and oxygen atoms in total. The van der Waals surface area contributed by atoms with Crippen LogP contribution >= 0.6 is 0 Å². The first-order valence-corrected chi connectivity index (χ1v) is 8.04. The van der Waals surface area contributed by atoms with Crippen molar-refractivity contribution in [3.05, 3.63) is 36.0 Å². The lowest BCUT2D eigenvalue weighted by Crippen LogP contribution is -2.36. The largest absolute Gasteiger partial charge is 0.416 e. The second-order valence-electron chi connectivity index (χ2n) is 6.38. The molecular weight excluding hydrogens is 319 g/mol. The van der Waals surface area contributed by atoms with Crippen molar-refractivity contribution in [3.63, 3.8) is 0 Å². The highest BCUT2D eigenvalue weighted by Gasteiger charge is 2.32. The van der Waals surface area contributed by atoms with Gasteiger partial charge in [0.15, 0.2) is 0 Å². The summed E-state index contributed by atoms with van der Waals surface area (Å²) >= 11 is 0. The Morgan fingerprint density at radius 2 is 2.08 bits per heavy atom. The minimum Gasteiger partial charge on any atom is -0.356 e. The van der Waals surface area contributed by atoms with Gasteiger partial charge in [-0.1, -0.05) is 0 Å². The van der Waals surface area contributed by atoms with Crippen LogP contribution in [0.15, 0.2) is 24.7 Å². The number of aromatic nitrogens is 4. The summed E-state index contributed by atoms with van der Waals surface area (Å²) in [5.74, 6) is 1.40. The molecule has 1 fully saturated rings. The van der Waals surface area contributed by atoms with Crippen LogP contribution in [0.1, 0.15) is 50.0 Å². The molecule has 0 radical (unpaired) electrons. The molecule has 1 aliphatic heterocycles. The van der Waals surface area contributed by atoms with Crippen LogP contribution in [0.4, 0.5) is 19.0 Å². The van der Waals surface area contributed by atoms with Gasteiger partial charge in [-0.15, -0.1) is 10.2 Å². The minimum atomic E-state index is -4.36. The van der Waals surface area contributed by atoms with Crippen molar-refractivity contribution < 1.29 is 13.2 Å². The molecule has 1 saturated heterocycles. The third-order valence-corrected chi connectivity index (χ3v) is 4.34. The lowest BCUT2D eigenvalue weighted by Gasteiger charge is -2.33. The molecule has 1 atom stereocenters. The van der Waals surface area contributed by atoms with E-state index in [1.807, 2.05) is 9.47 Å². The zero-order valence-corrected chi connectivity index (χ0v) is 13.7. The maximum Gasteiger partial charge on any atom is 0.416 e. The van der Waals surface area contributed by atoms with Gasteiger partial charge in [-0.3, -0.25) is 0 Å². The molecule has 1 unspecified atom stereocenters. The number of hydrogen-bond donors (Lipinski definition) is 0. The van der Waals surface area contributed by atoms with E-state index < -0.39 is 11.7 Å². The first kappa shape index (κ1) is 16.7. The summed E-state index contributed by atoms with van der Waals surface area (Å²) in [5.41, 5.74) is -0.667. The summed E-state index contributed by atoms with van der Waals surface area (Å²) < 4.78 is 40.7. The fourth-order valence-electron chi connectivity index (χ4n) is 3.11. The van der Waals surface area contributed by atoms with Crippen LogP contribution in [0, 0.1) is 0 Å². The van der Waals surface area contributed by atoms with Crippen LogP contribution in [0.2, 0.25) is 0 Å². The van der Waals surface area contributed by atoms with Gasteiger partial charge in [0, 0.05) is 31.2 Å². The number of piperidine rings is 1. The number of pyridine rings is 1. The molecule has 0 spiro atoms.